The van der Waals surface area contributed by atoms with Crippen molar-refractivity contribution < 1.29 is 9.90 Å². The first-order valence-electron chi connectivity index (χ1n) is 4.97. The van der Waals surface area contributed by atoms with E-state index in [1.807, 2.05) is 0 Å². The summed E-state index contributed by atoms with van der Waals surface area (Å²) < 4.78 is 0. The second-order valence-electron chi connectivity index (χ2n) is 4.33. The highest BCUT2D eigenvalue weighted by molar-refractivity contribution is 6.37. The van der Waals surface area contributed by atoms with Crippen LogP contribution in [-0.2, 0) is 4.79 Å². The van der Waals surface area contributed by atoms with Gasteiger partial charge in [0.2, 0.25) is 5.91 Å². The van der Waals surface area contributed by atoms with E-state index in [-0.39, 0.29) is 40.7 Å². The van der Waals surface area contributed by atoms with Crippen LogP contribution in [0.15, 0.2) is 12.1 Å². The number of carbonyl (C=O) groups is 1. The van der Waals surface area contributed by atoms with Gasteiger partial charge in [-0.3, -0.25) is 4.79 Å². The Balaban J connectivity index is 0.00000289. The van der Waals surface area contributed by atoms with Gasteiger partial charge in [0.25, 0.3) is 0 Å². The van der Waals surface area contributed by atoms with E-state index in [1.165, 1.54) is 12.1 Å². The maximum atomic E-state index is 11.8. The summed E-state index contributed by atoms with van der Waals surface area (Å²) in [4.78, 5) is 11.8. The minimum atomic E-state index is -0.684. The lowest BCUT2D eigenvalue weighted by molar-refractivity contribution is -0.123. The van der Waals surface area contributed by atoms with Gasteiger partial charge >= 0.3 is 0 Å². The monoisotopic (exact) mass is 312 g/mol. The maximum Gasteiger partial charge on any atom is 0.231 e. The van der Waals surface area contributed by atoms with Crippen molar-refractivity contribution in [2.45, 2.75) is 13.8 Å². The number of rotatable bonds is 3. The first-order valence-corrected chi connectivity index (χ1v) is 5.73. The Morgan fingerprint density at radius 2 is 1.83 bits per heavy atom. The Labute approximate surface area is 122 Å². The lowest BCUT2D eigenvalue weighted by atomic mass is 9.92. The Bertz CT molecular complexity index is 427. The summed E-state index contributed by atoms with van der Waals surface area (Å²) in [6.07, 6.45) is 0. The van der Waals surface area contributed by atoms with Gasteiger partial charge < -0.3 is 16.2 Å². The number of benzene rings is 1. The molecule has 0 spiro atoms. The van der Waals surface area contributed by atoms with Crippen LogP contribution in [0.1, 0.15) is 13.8 Å². The number of phenolic OH excluding ortho intramolecular Hbond substituents is 1. The molecule has 0 aliphatic carbocycles. The van der Waals surface area contributed by atoms with Crippen molar-refractivity contribution in [1.29, 1.82) is 0 Å². The number of carbonyl (C=O) groups excluding carboxylic acids is 1. The van der Waals surface area contributed by atoms with Gasteiger partial charge in [0.1, 0.15) is 0 Å². The molecule has 0 bridgehead atoms. The highest BCUT2D eigenvalue weighted by Gasteiger charge is 2.26. The van der Waals surface area contributed by atoms with E-state index in [4.69, 9.17) is 28.9 Å². The van der Waals surface area contributed by atoms with Gasteiger partial charge in [-0.2, -0.15) is 0 Å². The molecule has 7 heteroatoms. The maximum absolute atomic E-state index is 11.8. The van der Waals surface area contributed by atoms with E-state index in [0.717, 1.165) is 0 Å². The van der Waals surface area contributed by atoms with Gasteiger partial charge in [-0.1, -0.05) is 23.2 Å². The summed E-state index contributed by atoms with van der Waals surface area (Å²) in [5.41, 5.74) is 5.23. The standard InChI is InChI=1S/C11H14Cl2N2O2.ClH/c1-11(2,5-14)10(17)15-6-3-7(12)9(16)8(13)4-6;/h3-4,16H,5,14H2,1-2H3,(H,15,17);1H. The fourth-order valence-corrected chi connectivity index (χ4v) is 1.52. The van der Waals surface area contributed by atoms with Crippen LogP contribution >= 0.6 is 35.6 Å². The Morgan fingerprint density at radius 3 is 2.22 bits per heavy atom. The van der Waals surface area contributed by atoms with Gasteiger partial charge in [-0.25, -0.2) is 0 Å². The van der Waals surface area contributed by atoms with Gasteiger partial charge in [0.15, 0.2) is 5.75 Å². The van der Waals surface area contributed by atoms with Crippen LogP contribution in [0.4, 0.5) is 5.69 Å². The number of halogens is 3. The topological polar surface area (TPSA) is 75.4 Å². The van der Waals surface area contributed by atoms with Gasteiger partial charge in [-0.05, 0) is 26.0 Å². The van der Waals surface area contributed by atoms with Crippen molar-refractivity contribution in [2.75, 3.05) is 11.9 Å². The summed E-state index contributed by atoms with van der Waals surface area (Å²) in [5, 5.41) is 12.2. The lowest BCUT2D eigenvalue weighted by Crippen LogP contribution is -2.37. The molecule has 0 saturated carbocycles. The first-order chi connectivity index (χ1) is 7.77. The van der Waals surface area contributed by atoms with Gasteiger partial charge in [0, 0.05) is 12.2 Å². The fraction of sp³-hybridized carbons (Fsp3) is 0.364. The van der Waals surface area contributed by atoms with E-state index < -0.39 is 5.41 Å². The van der Waals surface area contributed by atoms with Crippen molar-refractivity contribution in [3.63, 3.8) is 0 Å². The van der Waals surface area contributed by atoms with Crippen molar-refractivity contribution in [2.24, 2.45) is 11.1 Å². The van der Waals surface area contributed by atoms with E-state index >= 15 is 0 Å². The molecule has 4 N–H and O–H groups in total. The molecule has 1 aromatic carbocycles. The molecule has 4 nitrogen and oxygen atoms in total. The van der Waals surface area contributed by atoms with Crippen molar-refractivity contribution in [1.82, 2.24) is 0 Å². The number of phenols is 1. The van der Waals surface area contributed by atoms with E-state index in [0.29, 0.717) is 5.69 Å². The molecule has 0 aliphatic rings. The number of aromatic hydroxyl groups is 1. The molecule has 0 aromatic heterocycles. The molecule has 1 amide bonds. The molecule has 0 heterocycles. The normalized spacial score (nSPS) is 10.7. The summed E-state index contributed by atoms with van der Waals surface area (Å²) in [5.74, 6) is -0.442. The van der Waals surface area contributed by atoms with E-state index in [9.17, 15) is 9.90 Å². The molecule has 1 aromatic rings. The number of hydrogen-bond acceptors (Lipinski definition) is 3. The zero-order valence-electron chi connectivity index (χ0n) is 9.96. The van der Waals surface area contributed by atoms with Crippen LogP contribution in [0.25, 0.3) is 0 Å². The Hall–Kier alpha value is -0.680. The molecule has 0 aliphatic heterocycles. The fourth-order valence-electron chi connectivity index (χ4n) is 1.03. The summed E-state index contributed by atoms with van der Waals surface area (Å²) in [7, 11) is 0. The third kappa shape index (κ3) is 3.92. The predicted octanol–water partition coefficient (Wildman–Crippen LogP) is 3.04. The number of nitrogens with one attached hydrogen (secondary N) is 1. The molecule has 0 fully saturated rings. The average Bonchev–Trinajstić information content (AvgIpc) is 2.25. The van der Waals surface area contributed by atoms with Crippen LogP contribution < -0.4 is 11.1 Å². The molecular weight excluding hydrogens is 298 g/mol. The van der Waals surface area contributed by atoms with E-state index in [1.54, 1.807) is 13.8 Å². The first kappa shape index (κ1) is 17.3. The van der Waals surface area contributed by atoms with Gasteiger partial charge in [-0.15, -0.1) is 12.4 Å². The number of nitrogens with two attached hydrogens (primary N) is 1. The molecule has 1 rings (SSSR count). The largest absolute Gasteiger partial charge is 0.505 e. The highest BCUT2D eigenvalue weighted by atomic mass is 35.5. The average molecular weight is 314 g/mol. The van der Waals surface area contributed by atoms with Crippen LogP contribution in [0.5, 0.6) is 5.75 Å². The molecule has 18 heavy (non-hydrogen) atoms. The minimum absolute atomic E-state index is 0. The number of hydrogen-bond donors (Lipinski definition) is 3. The number of anilines is 1. The summed E-state index contributed by atoms with van der Waals surface area (Å²) >= 11 is 11.5. The smallest absolute Gasteiger partial charge is 0.231 e. The molecule has 0 unspecified atom stereocenters. The zero-order chi connectivity index (χ0) is 13.2. The van der Waals surface area contributed by atoms with Crippen molar-refractivity contribution in [3.8, 4) is 5.75 Å². The molecule has 0 atom stereocenters. The van der Waals surface area contributed by atoms with E-state index in [2.05, 4.69) is 5.32 Å². The van der Waals surface area contributed by atoms with Crippen LogP contribution in [-0.4, -0.2) is 17.6 Å². The minimum Gasteiger partial charge on any atom is -0.505 e. The van der Waals surface area contributed by atoms with Crippen molar-refractivity contribution in [3.05, 3.63) is 22.2 Å². The highest BCUT2D eigenvalue weighted by Crippen LogP contribution is 2.35. The molecule has 0 radical (unpaired) electrons. The Kier molecular flexibility index (Phi) is 6.23. The Morgan fingerprint density at radius 1 is 1.39 bits per heavy atom. The second kappa shape index (κ2) is 6.48. The third-order valence-corrected chi connectivity index (χ3v) is 2.98. The van der Waals surface area contributed by atoms with Crippen LogP contribution in [0.3, 0.4) is 0 Å². The third-order valence-electron chi connectivity index (χ3n) is 2.40. The van der Waals surface area contributed by atoms with Crippen molar-refractivity contribution >= 4 is 47.2 Å². The predicted molar refractivity (Wildman–Crippen MR) is 76.8 cm³/mol. The summed E-state index contributed by atoms with van der Waals surface area (Å²) in [6, 6.07) is 2.85. The molecular formula is C11H15Cl3N2O2. The second-order valence-corrected chi connectivity index (χ2v) is 5.15. The quantitative estimate of drug-likeness (QED) is 0.751. The summed E-state index contributed by atoms with van der Waals surface area (Å²) in [6.45, 7) is 3.68. The lowest BCUT2D eigenvalue weighted by Gasteiger charge is -2.21. The molecule has 0 saturated heterocycles. The SMILES string of the molecule is CC(C)(CN)C(=O)Nc1cc(Cl)c(O)c(Cl)c1.Cl. The van der Waals surface area contributed by atoms with Crippen LogP contribution in [0.2, 0.25) is 10.0 Å². The van der Waals surface area contributed by atoms with Crippen LogP contribution in [0, 0.1) is 5.41 Å². The zero-order valence-corrected chi connectivity index (χ0v) is 12.3. The molecule has 102 valence electrons. The number of amides is 1. The van der Waals surface area contributed by atoms with Gasteiger partial charge in [0.05, 0.1) is 15.5 Å².